The van der Waals surface area contributed by atoms with Crippen molar-refractivity contribution >= 4 is 30.1 Å². The molecule has 2 aliphatic heterocycles. The molecule has 3 nitrogen and oxygen atoms in total. The fraction of sp³-hybridized carbons (Fsp3) is 0.611. The predicted molar refractivity (Wildman–Crippen MR) is 101 cm³/mol. The number of likely N-dealkylation sites (tertiary alicyclic amines) is 1. The van der Waals surface area contributed by atoms with Crippen LogP contribution in [0.1, 0.15) is 35.7 Å². The van der Waals surface area contributed by atoms with E-state index in [1.807, 2.05) is 23.9 Å². The first-order valence-electron chi connectivity index (χ1n) is 8.44. The highest BCUT2D eigenvalue weighted by Crippen LogP contribution is 2.27. The first-order valence-corrected chi connectivity index (χ1v) is 9.60. The van der Waals surface area contributed by atoms with Crippen LogP contribution in [0, 0.1) is 11.8 Å². The van der Waals surface area contributed by atoms with E-state index in [4.69, 9.17) is 0 Å². The highest BCUT2D eigenvalue weighted by Gasteiger charge is 2.31. The predicted octanol–water partition coefficient (Wildman–Crippen LogP) is 3.43. The van der Waals surface area contributed by atoms with Gasteiger partial charge < -0.3 is 10.2 Å². The second-order valence-electron chi connectivity index (χ2n) is 6.38. The van der Waals surface area contributed by atoms with Gasteiger partial charge in [0.1, 0.15) is 0 Å². The van der Waals surface area contributed by atoms with E-state index in [1.54, 1.807) is 0 Å². The van der Waals surface area contributed by atoms with Crippen LogP contribution in [0.25, 0.3) is 0 Å². The molecule has 5 heteroatoms. The Morgan fingerprint density at radius 3 is 2.35 bits per heavy atom. The number of benzene rings is 1. The van der Waals surface area contributed by atoms with Gasteiger partial charge in [-0.15, -0.1) is 12.4 Å². The van der Waals surface area contributed by atoms with E-state index in [1.165, 1.54) is 5.56 Å². The molecular weight excluding hydrogens is 328 g/mol. The van der Waals surface area contributed by atoms with Crippen LogP contribution in [-0.4, -0.2) is 42.7 Å². The molecule has 128 valence electrons. The summed E-state index contributed by atoms with van der Waals surface area (Å²) in [5, 5.41) is 3.49. The zero-order chi connectivity index (χ0) is 15.4. The Balaban J connectivity index is 0.00000192. The Morgan fingerprint density at radius 2 is 1.78 bits per heavy atom. The van der Waals surface area contributed by atoms with E-state index >= 15 is 0 Å². The fourth-order valence-corrected chi connectivity index (χ4v) is 4.20. The number of thioether (sulfide) groups is 1. The molecule has 0 radical (unpaired) electrons. The van der Waals surface area contributed by atoms with Crippen LogP contribution in [-0.2, 0) is 5.75 Å². The smallest absolute Gasteiger partial charge is 0.253 e. The van der Waals surface area contributed by atoms with Crippen LogP contribution >= 0.6 is 24.2 Å². The molecule has 2 aliphatic rings. The van der Waals surface area contributed by atoms with Gasteiger partial charge in [0.15, 0.2) is 0 Å². The summed E-state index contributed by atoms with van der Waals surface area (Å²) < 4.78 is 0. The van der Waals surface area contributed by atoms with Crippen LogP contribution < -0.4 is 5.32 Å². The summed E-state index contributed by atoms with van der Waals surface area (Å²) in [5.41, 5.74) is 2.15. The number of nitrogens with one attached hydrogen (secondary N) is 1. The lowest BCUT2D eigenvalue weighted by atomic mass is 9.92. The van der Waals surface area contributed by atoms with Gasteiger partial charge in [-0.1, -0.05) is 19.1 Å². The van der Waals surface area contributed by atoms with Crippen molar-refractivity contribution in [3.63, 3.8) is 0 Å². The molecule has 0 spiro atoms. The van der Waals surface area contributed by atoms with Gasteiger partial charge in [-0.25, -0.2) is 0 Å². The molecule has 3 rings (SSSR count). The van der Waals surface area contributed by atoms with Crippen LogP contribution in [0.4, 0.5) is 0 Å². The zero-order valence-electron chi connectivity index (χ0n) is 13.8. The normalized spacial score (nSPS) is 23.8. The SMILES string of the molecule is CCSCc1ccc(C(=O)N2CC[C@@H]3CNC[C@@H]3CC2)cc1.Cl. The van der Waals surface area contributed by atoms with Crippen LogP contribution in [0.5, 0.6) is 0 Å². The summed E-state index contributed by atoms with van der Waals surface area (Å²) in [5.74, 6) is 3.91. The van der Waals surface area contributed by atoms with Crippen molar-refractivity contribution in [1.82, 2.24) is 10.2 Å². The van der Waals surface area contributed by atoms with E-state index < -0.39 is 0 Å². The molecule has 1 amide bonds. The molecule has 1 N–H and O–H groups in total. The number of hydrogen-bond donors (Lipinski definition) is 1. The molecule has 2 fully saturated rings. The average Bonchev–Trinajstić information content (AvgIpc) is 2.91. The maximum atomic E-state index is 12.7. The minimum atomic E-state index is 0. The standard InChI is InChI=1S/C18H26N2OS.ClH/c1-2-22-13-14-3-5-15(6-4-14)18(21)20-9-7-16-11-19-12-17(16)8-10-20;/h3-6,16-17,19H,2,7-13H2,1H3;1H/t16-,17+;. The van der Waals surface area contributed by atoms with Gasteiger partial charge in [0.2, 0.25) is 0 Å². The third kappa shape index (κ3) is 4.65. The quantitative estimate of drug-likeness (QED) is 0.899. The Kier molecular flexibility index (Phi) is 7.25. The van der Waals surface area contributed by atoms with Gasteiger partial charge in [0, 0.05) is 24.4 Å². The van der Waals surface area contributed by atoms with Gasteiger partial charge in [-0.2, -0.15) is 11.8 Å². The number of halogens is 1. The van der Waals surface area contributed by atoms with Crippen molar-refractivity contribution in [1.29, 1.82) is 0 Å². The largest absolute Gasteiger partial charge is 0.339 e. The molecule has 0 unspecified atom stereocenters. The van der Waals surface area contributed by atoms with Crippen LogP contribution in [0.2, 0.25) is 0 Å². The van der Waals surface area contributed by atoms with E-state index in [9.17, 15) is 4.79 Å². The van der Waals surface area contributed by atoms with E-state index in [0.717, 1.165) is 67.9 Å². The average molecular weight is 355 g/mol. The Bertz CT molecular complexity index is 494. The fourth-order valence-electron chi connectivity index (χ4n) is 3.57. The number of carbonyl (C=O) groups excluding carboxylic acids is 1. The number of fused-ring (bicyclic) bond motifs is 1. The molecular formula is C18H27ClN2OS. The zero-order valence-corrected chi connectivity index (χ0v) is 15.4. The lowest BCUT2D eigenvalue weighted by Crippen LogP contribution is -2.32. The van der Waals surface area contributed by atoms with Crippen molar-refractivity contribution in [3.8, 4) is 0 Å². The van der Waals surface area contributed by atoms with Gasteiger partial charge in [0.05, 0.1) is 0 Å². The summed E-state index contributed by atoms with van der Waals surface area (Å²) >= 11 is 1.91. The summed E-state index contributed by atoms with van der Waals surface area (Å²) in [6.45, 7) is 6.27. The Labute approximate surface area is 150 Å². The lowest BCUT2D eigenvalue weighted by Gasteiger charge is -2.21. The van der Waals surface area contributed by atoms with Crippen molar-refractivity contribution in [3.05, 3.63) is 35.4 Å². The second-order valence-corrected chi connectivity index (χ2v) is 7.66. The molecule has 2 saturated heterocycles. The number of amides is 1. The van der Waals surface area contributed by atoms with E-state index in [0.29, 0.717) is 0 Å². The minimum Gasteiger partial charge on any atom is -0.339 e. The second kappa shape index (κ2) is 8.95. The topological polar surface area (TPSA) is 32.3 Å². The minimum absolute atomic E-state index is 0. The Morgan fingerprint density at radius 1 is 1.17 bits per heavy atom. The number of rotatable bonds is 4. The van der Waals surface area contributed by atoms with Gasteiger partial charge in [-0.05, 0) is 61.2 Å². The lowest BCUT2D eigenvalue weighted by molar-refractivity contribution is 0.0758. The molecule has 0 bridgehead atoms. The van der Waals surface area contributed by atoms with Gasteiger partial charge in [-0.3, -0.25) is 4.79 Å². The summed E-state index contributed by atoms with van der Waals surface area (Å²) in [6.07, 6.45) is 2.29. The third-order valence-corrected chi connectivity index (χ3v) is 5.93. The maximum absolute atomic E-state index is 12.7. The van der Waals surface area contributed by atoms with E-state index in [-0.39, 0.29) is 18.3 Å². The number of nitrogens with zero attached hydrogens (tertiary/aromatic N) is 1. The molecule has 1 aromatic rings. The summed E-state index contributed by atoms with van der Waals surface area (Å²) in [7, 11) is 0. The van der Waals surface area contributed by atoms with E-state index in [2.05, 4.69) is 29.3 Å². The van der Waals surface area contributed by atoms with Crippen molar-refractivity contribution < 1.29 is 4.79 Å². The number of hydrogen-bond acceptors (Lipinski definition) is 3. The molecule has 2 heterocycles. The molecule has 2 atom stereocenters. The maximum Gasteiger partial charge on any atom is 0.253 e. The molecule has 0 aromatic heterocycles. The third-order valence-electron chi connectivity index (χ3n) is 4.98. The molecule has 0 aliphatic carbocycles. The summed E-state index contributed by atoms with van der Waals surface area (Å²) in [6, 6.07) is 8.21. The molecule has 1 aromatic carbocycles. The first kappa shape index (κ1) is 18.6. The molecule has 0 saturated carbocycles. The van der Waals surface area contributed by atoms with Crippen molar-refractivity contribution in [2.24, 2.45) is 11.8 Å². The van der Waals surface area contributed by atoms with Gasteiger partial charge in [0.25, 0.3) is 5.91 Å². The van der Waals surface area contributed by atoms with Crippen molar-refractivity contribution in [2.45, 2.75) is 25.5 Å². The van der Waals surface area contributed by atoms with Gasteiger partial charge >= 0.3 is 0 Å². The van der Waals surface area contributed by atoms with Crippen LogP contribution in [0.3, 0.4) is 0 Å². The first-order chi connectivity index (χ1) is 10.8. The highest BCUT2D eigenvalue weighted by molar-refractivity contribution is 7.98. The monoisotopic (exact) mass is 354 g/mol. The highest BCUT2D eigenvalue weighted by atomic mass is 35.5. The summed E-state index contributed by atoms with van der Waals surface area (Å²) in [4.78, 5) is 14.8. The Hall–Kier alpha value is -0.710. The van der Waals surface area contributed by atoms with Crippen LogP contribution in [0.15, 0.2) is 24.3 Å². The number of carbonyl (C=O) groups is 1. The molecule has 23 heavy (non-hydrogen) atoms. The van der Waals surface area contributed by atoms with Crippen molar-refractivity contribution in [2.75, 3.05) is 31.9 Å².